The topological polar surface area (TPSA) is 32.7 Å². The van der Waals surface area contributed by atoms with E-state index < -0.39 is 0 Å². The lowest BCUT2D eigenvalue weighted by atomic mass is 10.3. The zero-order chi connectivity index (χ0) is 6.85. The van der Waals surface area contributed by atoms with Gasteiger partial charge in [0, 0.05) is 20.1 Å². The minimum absolute atomic E-state index is 0.227. The van der Waals surface area contributed by atoms with Gasteiger partial charge >= 0.3 is 0 Å². The first-order chi connectivity index (χ1) is 4.24. The van der Waals surface area contributed by atoms with Crippen LogP contribution in [0.5, 0.6) is 0 Å². The van der Waals surface area contributed by atoms with Crippen LogP contribution in [0.25, 0.3) is 0 Å². The number of aliphatic hydroxyl groups excluding tert-OH is 1. The van der Waals surface area contributed by atoms with Crippen LogP contribution in [0.2, 0.25) is 0 Å². The summed E-state index contributed by atoms with van der Waals surface area (Å²) in [5.74, 6) is 0. The third kappa shape index (κ3) is 1.41. The van der Waals surface area contributed by atoms with Gasteiger partial charge in [-0.25, -0.2) is 0 Å². The normalized spacial score (nSPS) is 37.7. The Morgan fingerprint density at radius 3 is 2.56 bits per heavy atom. The summed E-state index contributed by atoms with van der Waals surface area (Å²) in [6.07, 6.45) is 0.674. The van der Waals surface area contributed by atoms with Crippen molar-refractivity contribution in [2.45, 2.75) is 18.8 Å². The van der Waals surface area contributed by atoms with Crippen molar-refractivity contribution in [2.75, 3.05) is 20.7 Å². The van der Waals surface area contributed by atoms with E-state index in [9.17, 15) is 0 Å². The summed E-state index contributed by atoms with van der Waals surface area (Å²) in [6, 6.07) is 0. The number of rotatable bonds is 1. The van der Waals surface area contributed by atoms with E-state index in [2.05, 4.69) is 0 Å². The molecule has 1 aliphatic rings. The van der Waals surface area contributed by atoms with Crippen LogP contribution in [0.15, 0.2) is 0 Å². The van der Waals surface area contributed by atoms with Crippen molar-refractivity contribution in [3.63, 3.8) is 0 Å². The predicted molar refractivity (Wildman–Crippen MR) is 34.1 cm³/mol. The average Bonchev–Trinajstić information content (AvgIpc) is 2.13. The van der Waals surface area contributed by atoms with Gasteiger partial charge in [-0.1, -0.05) is 0 Å². The number of ether oxygens (including phenoxy) is 1. The lowest BCUT2D eigenvalue weighted by Crippen LogP contribution is -2.24. The van der Waals surface area contributed by atoms with Crippen molar-refractivity contribution in [1.29, 1.82) is 0 Å². The summed E-state index contributed by atoms with van der Waals surface area (Å²) >= 11 is 0. The molecule has 3 nitrogen and oxygen atoms in total. The molecule has 1 fully saturated rings. The highest BCUT2D eigenvalue weighted by molar-refractivity contribution is 4.75. The number of nitrogens with zero attached hydrogens (tertiary/aromatic N) is 1. The molecule has 3 heteroatoms. The van der Waals surface area contributed by atoms with Gasteiger partial charge in [-0.2, -0.15) is 0 Å². The molecule has 0 amide bonds. The van der Waals surface area contributed by atoms with Crippen molar-refractivity contribution in [3.8, 4) is 0 Å². The standard InChI is InChI=1S/C6H13NO2/c1-7-4-5(9-2)3-6(7)8/h5-6,8H,3-4H2,1-2H3/t5?,6-/m0/s1. The number of methoxy groups -OCH3 is 1. The quantitative estimate of drug-likeness (QED) is 0.528. The molecule has 0 aromatic heterocycles. The van der Waals surface area contributed by atoms with Gasteiger partial charge in [-0.15, -0.1) is 0 Å². The Labute approximate surface area is 55.2 Å². The summed E-state index contributed by atoms with van der Waals surface area (Å²) in [4.78, 5) is 1.88. The molecular weight excluding hydrogens is 118 g/mol. The summed E-state index contributed by atoms with van der Waals surface area (Å²) in [7, 11) is 3.57. The Kier molecular flexibility index (Phi) is 2.05. The van der Waals surface area contributed by atoms with Gasteiger partial charge in [0.1, 0.15) is 6.23 Å². The van der Waals surface area contributed by atoms with Crippen LogP contribution in [-0.4, -0.2) is 43.0 Å². The van der Waals surface area contributed by atoms with E-state index >= 15 is 0 Å². The van der Waals surface area contributed by atoms with Crippen LogP contribution in [-0.2, 0) is 4.74 Å². The summed E-state index contributed by atoms with van der Waals surface area (Å²) in [5, 5.41) is 9.15. The fourth-order valence-corrected chi connectivity index (χ4v) is 1.10. The molecule has 1 rings (SSSR count). The minimum atomic E-state index is -0.296. The maximum atomic E-state index is 9.15. The number of likely N-dealkylation sites (N-methyl/N-ethyl adjacent to an activating group) is 1. The van der Waals surface area contributed by atoms with E-state index in [1.165, 1.54) is 0 Å². The van der Waals surface area contributed by atoms with Crippen LogP contribution in [0.4, 0.5) is 0 Å². The molecule has 1 aliphatic heterocycles. The smallest absolute Gasteiger partial charge is 0.109 e. The van der Waals surface area contributed by atoms with E-state index in [1.807, 2.05) is 11.9 Å². The second kappa shape index (κ2) is 2.64. The lowest BCUT2D eigenvalue weighted by molar-refractivity contribution is 0.0551. The molecule has 1 N–H and O–H groups in total. The van der Waals surface area contributed by atoms with Gasteiger partial charge in [0.15, 0.2) is 0 Å². The first kappa shape index (κ1) is 6.99. The largest absolute Gasteiger partial charge is 0.380 e. The van der Waals surface area contributed by atoms with Crippen LogP contribution in [0, 0.1) is 0 Å². The van der Waals surface area contributed by atoms with Gasteiger partial charge in [0.2, 0.25) is 0 Å². The van der Waals surface area contributed by atoms with Crippen molar-refractivity contribution in [2.24, 2.45) is 0 Å². The molecule has 1 heterocycles. The summed E-state index contributed by atoms with van der Waals surface area (Å²) in [5.41, 5.74) is 0. The predicted octanol–water partition coefficient (Wildman–Crippen LogP) is -0.345. The maximum absolute atomic E-state index is 9.15. The van der Waals surface area contributed by atoms with E-state index in [0.29, 0.717) is 0 Å². The molecule has 54 valence electrons. The van der Waals surface area contributed by atoms with Gasteiger partial charge in [0.25, 0.3) is 0 Å². The molecule has 0 bridgehead atoms. The number of hydrogen-bond donors (Lipinski definition) is 1. The molecule has 0 aromatic rings. The fraction of sp³-hybridized carbons (Fsp3) is 1.00. The third-order valence-corrected chi connectivity index (χ3v) is 1.81. The maximum Gasteiger partial charge on any atom is 0.109 e. The van der Waals surface area contributed by atoms with Crippen molar-refractivity contribution in [1.82, 2.24) is 4.90 Å². The highest BCUT2D eigenvalue weighted by atomic mass is 16.5. The molecule has 0 saturated carbocycles. The first-order valence-corrected chi connectivity index (χ1v) is 3.15. The minimum Gasteiger partial charge on any atom is -0.380 e. The summed E-state index contributed by atoms with van der Waals surface area (Å²) in [6.45, 7) is 0.845. The van der Waals surface area contributed by atoms with E-state index in [4.69, 9.17) is 9.84 Å². The Balaban J connectivity index is 2.35. The molecule has 0 radical (unpaired) electrons. The molecule has 1 saturated heterocycles. The van der Waals surface area contributed by atoms with Crippen molar-refractivity contribution in [3.05, 3.63) is 0 Å². The Bertz CT molecular complexity index is 87.1. The number of aliphatic hydroxyl groups is 1. The van der Waals surface area contributed by atoms with Crippen LogP contribution in [0.3, 0.4) is 0 Å². The molecule has 0 spiro atoms. The molecule has 9 heavy (non-hydrogen) atoms. The molecule has 0 aliphatic carbocycles. The summed E-state index contributed by atoms with van der Waals surface area (Å²) < 4.78 is 5.05. The second-order valence-electron chi connectivity index (χ2n) is 2.51. The molecule has 2 atom stereocenters. The van der Waals surface area contributed by atoms with Gasteiger partial charge < -0.3 is 9.84 Å². The number of likely N-dealkylation sites (tertiary alicyclic amines) is 1. The highest BCUT2D eigenvalue weighted by Crippen LogP contribution is 2.14. The Morgan fingerprint density at radius 2 is 2.33 bits per heavy atom. The van der Waals surface area contributed by atoms with E-state index in [1.54, 1.807) is 7.11 Å². The number of hydrogen-bond acceptors (Lipinski definition) is 3. The van der Waals surface area contributed by atoms with Gasteiger partial charge in [0.05, 0.1) is 6.10 Å². The third-order valence-electron chi connectivity index (χ3n) is 1.81. The van der Waals surface area contributed by atoms with Crippen LogP contribution >= 0.6 is 0 Å². The zero-order valence-electron chi connectivity index (χ0n) is 5.87. The second-order valence-corrected chi connectivity index (χ2v) is 2.51. The monoisotopic (exact) mass is 131 g/mol. The average molecular weight is 131 g/mol. The van der Waals surface area contributed by atoms with Crippen LogP contribution < -0.4 is 0 Å². The van der Waals surface area contributed by atoms with E-state index in [0.717, 1.165) is 13.0 Å². The van der Waals surface area contributed by atoms with Crippen molar-refractivity contribution >= 4 is 0 Å². The fourth-order valence-electron chi connectivity index (χ4n) is 1.10. The van der Waals surface area contributed by atoms with Crippen molar-refractivity contribution < 1.29 is 9.84 Å². The lowest BCUT2D eigenvalue weighted by Gasteiger charge is -2.10. The zero-order valence-corrected chi connectivity index (χ0v) is 5.87. The first-order valence-electron chi connectivity index (χ1n) is 3.15. The molecule has 1 unspecified atom stereocenters. The highest BCUT2D eigenvalue weighted by Gasteiger charge is 2.26. The molecule has 0 aromatic carbocycles. The van der Waals surface area contributed by atoms with E-state index in [-0.39, 0.29) is 12.3 Å². The van der Waals surface area contributed by atoms with Crippen LogP contribution in [0.1, 0.15) is 6.42 Å². The SMILES string of the molecule is COC1C[C@H](O)N(C)C1. The van der Waals surface area contributed by atoms with Gasteiger partial charge in [-0.3, -0.25) is 4.90 Å². The molecular formula is C6H13NO2. The Morgan fingerprint density at radius 1 is 1.67 bits per heavy atom. The Hall–Kier alpha value is -0.120. The van der Waals surface area contributed by atoms with Gasteiger partial charge in [-0.05, 0) is 7.05 Å².